The summed E-state index contributed by atoms with van der Waals surface area (Å²) in [6, 6.07) is 0. The van der Waals surface area contributed by atoms with E-state index in [2.05, 4.69) is 42.3 Å². The van der Waals surface area contributed by atoms with Crippen molar-refractivity contribution in [1.29, 1.82) is 0 Å². The molecule has 62 heavy (non-hydrogen) atoms. The molecule has 13 heteroatoms. The zero-order valence-corrected chi connectivity index (χ0v) is 40.0. The summed E-state index contributed by atoms with van der Waals surface area (Å²) in [5.41, 5.74) is 0. The second kappa shape index (κ2) is 41.0. The van der Waals surface area contributed by atoms with Gasteiger partial charge in [-0.25, -0.2) is 4.18 Å². The molecule has 0 bridgehead atoms. The third-order valence-corrected chi connectivity index (χ3v) is 12.0. The Kier molecular flexibility index (Phi) is 38.8. The molecule has 0 aliphatic carbocycles. The summed E-state index contributed by atoms with van der Waals surface area (Å²) in [5.74, 6) is -0.398. The van der Waals surface area contributed by atoms with Crippen molar-refractivity contribution in [2.24, 2.45) is 0 Å². The Morgan fingerprint density at radius 3 is 1.55 bits per heavy atom. The average Bonchev–Trinajstić information content (AvgIpc) is 3.24. The maximum atomic E-state index is 12.9. The molecule has 12 nitrogen and oxygen atoms in total. The van der Waals surface area contributed by atoms with E-state index < -0.39 is 59.8 Å². The lowest BCUT2D eigenvalue weighted by Crippen LogP contribution is -2.60. The first kappa shape index (κ1) is 58.6. The highest BCUT2D eigenvalue weighted by Gasteiger charge is 2.48. The Balaban J connectivity index is 2.37. The van der Waals surface area contributed by atoms with Gasteiger partial charge in [0.1, 0.15) is 30.5 Å². The molecule has 0 aromatic carbocycles. The van der Waals surface area contributed by atoms with Crippen LogP contribution in [0.4, 0.5) is 0 Å². The van der Waals surface area contributed by atoms with Crippen molar-refractivity contribution < 1.29 is 56.2 Å². The summed E-state index contributed by atoms with van der Waals surface area (Å²) in [5, 5.41) is 30.7. The summed E-state index contributed by atoms with van der Waals surface area (Å²) in [6.45, 7) is 3.99. The quantitative estimate of drug-likeness (QED) is 0.0197. The zero-order valence-electron chi connectivity index (χ0n) is 39.2. The predicted molar refractivity (Wildman–Crippen MR) is 248 cm³/mol. The van der Waals surface area contributed by atoms with Crippen LogP contribution < -0.4 is 0 Å². The van der Waals surface area contributed by atoms with Crippen molar-refractivity contribution in [2.75, 3.05) is 26.4 Å². The fraction of sp³-hybridized carbons (Fsp3) is 0.898. The molecule has 0 saturated carbocycles. The standard InChI is InChI=1S/C49H92O12S/c1-3-5-7-9-11-13-15-17-19-21-22-23-25-27-29-31-33-35-37-39-57-41-43(42-58-49-47(53)48(61-62(54,55)56)46(52)44(40-50)60-49)59-45(51)38-36-34-32-30-28-26-24-20-18-16-14-12-10-8-6-4-2/h13,15,19,21,43-44,46-50,52-53H,3-12,14,16-18,20,22-42H2,1-2H3,(H,54,55,56)/b15-13-,21-19-. The molecule has 0 amide bonds. The van der Waals surface area contributed by atoms with Crippen molar-refractivity contribution in [1.82, 2.24) is 0 Å². The molecule has 1 fully saturated rings. The molecule has 6 unspecified atom stereocenters. The van der Waals surface area contributed by atoms with E-state index in [0.29, 0.717) is 13.0 Å². The highest BCUT2D eigenvalue weighted by Crippen LogP contribution is 2.26. The number of carbonyl (C=O) groups is 1. The van der Waals surface area contributed by atoms with E-state index >= 15 is 0 Å². The second-order valence-electron chi connectivity index (χ2n) is 17.4. The van der Waals surface area contributed by atoms with Gasteiger partial charge < -0.3 is 34.3 Å². The number of rotatable bonds is 44. The minimum Gasteiger partial charge on any atom is -0.457 e. The van der Waals surface area contributed by atoms with Crippen LogP contribution in [0.5, 0.6) is 0 Å². The molecule has 0 spiro atoms. The van der Waals surface area contributed by atoms with Crippen molar-refractivity contribution in [2.45, 2.75) is 256 Å². The zero-order chi connectivity index (χ0) is 45.4. The first-order valence-electron chi connectivity index (χ1n) is 25.1. The molecule has 0 aromatic heterocycles. The number of hydrogen-bond donors (Lipinski definition) is 4. The van der Waals surface area contributed by atoms with Crippen LogP contribution in [-0.4, -0.2) is 97.5 Å². The number of esters is 1. The van der Waals surface area contributed by atoms with Crippen molar-refractivity contribution in [3.05, 3.63) is 24.3 Å². The van der Waals surface area contributed by atoms with E-state index in [1.54, 1.807) is 0 Å². The summed E-state index contributed by atoms with van der Waals surface area (Å²) < 4.78 is 59.2. The number of allylic oxidation sites excluding steroid dienone is 4. The van der Waals surface area contributed by atoms with Gasteiger partial charge in [0, 0.05) is 13.0 Å². The molecule has 0 aromatic rings. The minimum absolute atomic E-state index is 0.0360. The molecule has 0 radical (unpaired) electrons. The van der Waals surface area contributed by atoms with E-state index in [-0.39, 0.29) is 19.6 Å². The highest BCUT2D eigenvalue weighted by atomic mass is 32.3. The number of carbonyl (C=O) groups excluding carboxylic acids is 1. The molecule has 1 heterocycles. The predicted octanol–water partition coefficient (Wildman–Crippen LogP) is 11.2. The van der Waals surface area contributed by atoms with E-state index in [4.69, 9.17) is 18.9 Å². The normalized spacial score (nSPS) is 20.1. The average molecular weight is 905 g/mol. The smallest absolute Gasteiger partial charge is 0.397 e. The Hall–Kier alpha value is -1.42. The van der Waals surface area contributed by atoms with Crippen LogP contribution in [0.2, 0.25) is 0 Å². The van der Waals surface area contributed by atoms with Crippen LogP contribution in [0.1, 0.15) is 219 Å². The summed E-state index contributed by atoms with van der Waals surface area (Å²) in [7, 11) is -5.06. The van der Waals surface area contributed by atoms with Gasteiger partial charge in [0.2, 0.25) is 0 Å². The molecule has 4 N–H and O–H groups in total. The molecule has 366 valence electrons. The molecule has 6 atom stereocenters. The van der Waals surface area contributed by atoms with Gasteiger partial charge in [-0.3, -0.25) is 9.35 Å². The minimum atomic E-state index is -5.06. The topological polar surface area (TPSA) is 178 Å². The Labute approximate surface area is 378 Å². The monoisotopic (exact) mass is 905 g/mol. The first-order chi connectivity index (χ1) is 30.1. The van der Waals surface area contributed by atoms with Crippen molar-refractivity contribution >= 4 is 16.4 Å². The number of hydrogen-bond acceptors (Lipinski definition) is 11. The van der Waals surface area contributed by atoms with Gasteiger partial charge in [-0.1, -0.05) is 192 Å². The summed E-state index contributed by atoms with van der Waals surface area (Å²) in [6.07, 6.45) is 37.7. The van der Waals surface area contributed by atoms with Crippen LogP contribution in [-0.2, 0) is 38.3 Å². The summed E-state index contributed by atoms with van der Waals surface area (Å²) in [4.78, 5) is 12.9. The molecular formula is C49H92O12S. The number of aliphatic hydroxyl groups excluding tert-OH is 3. The lowest BCUT2D eigenvalue weighted by atomic mass is 9.99. The number of aliphatic hydroxyl groups is 3. The highest BCUT2D eigenvalue weighted by molar-refractivity contribution is 7.80. The first-order valence-corrected chi connectivity index (χ1v) is 26.5. The van der Waals surface area contributed by atoms with E-state index in [0.717, 1.165) is 51.4 Å². The van der Waals surface area contributed by atoms with Gasteiger partial charge in [0.15, 0.2) is 6.29 Å². The second-order valence-corrected chi connectivity index (χ2v) is 18.5. The fourth-order valence-electron chi connectivity index (χ4n) is 7.76. The third-order valence-electron chi connectivity index (χ3n) is 11.6. The van der Waals surface area contributed by atoms with Gasteiger partial charge in [-0.2, -0.15) is 8.42 Å². The maximum absolute atomic E-state index is 12.9. The fourth-order valence-corrected chi connectivity index (χ4v) is 8.27. The lowest BCUT2D eigenvalue weighted by molar-refractivity contribution is -0.301. The van der Waals surface area contributed by atoms with E-state index in [9.17, 15) is 33.1 Å². The molecular weight excluding hydrogens is 813 g/mol. The molecule has 1 saturated heterocycles. The lowest BCUT2D eigenvalue weighted by Gasteiger charge is -2.41. The Morgan fingerprint density at radius 2 is 1.06 bits per heavy atom. The number of unbranched alkanes of at least 4 members (excludes halogenated alkanes) is 27. The van der Waals surface area contributed by atoms with Crippen LogP contribution in [0.25, 0.3) is 0 Å². The molecule has 1 rings (SSSR count). The van der Waals surface area contributed by atoms with Gasteiger partial charge in [-0.05, 0) is 44.9 Å². The SMILES string of the molecule is CCCCCC/C=C\C/C=C\CCCCCCCCCCOCC(COC1OC(CO)C(O)C(OS(=O)(=O)O)C1O)OC(=O)CCCCCCCCCCCCCCCCCC. The maximum Gasteiger partial charge on any atom is 0.397 e. The van der Waals surface area contributed by atoms with Crippen molar-refractivity contribution in [3.8, 4) is 0 Å². The van der Waals surface area contributed by atoms with Gasteiger partial charge in [0.05, 0.1) is 19.8 Å². The van der Waals surface area contributed by atoms with E-state index in [1.165, 1.54) is 141 Å². The summed E-state index contributed by atoms with van der Waals surface area (Å²) >= 11 is 0. The van der Waals surface area contributed by atoms with Crippen molar-refractivity contribution in [3.63, 3.8) is 0 Å². The van der Waals surface area contributed by atoms with E-state index in [1.807, 2.05) is 0 Å². The van der Waals surface area contributed by atoms with Crippen LogP contribution in [0.3, 0.4) is 0 Å². The van der Waals surface area contributed by atoms with Crippen LogP contribution >= 0.6 is 0 Å². The van der Waals surface area contributed by atoms with Gasteiger partial charge in [-0.15, -0.1) is 0 Å². The Bertz CT molecular complexity index is 1180. The van der Waals surface area contributed by atoms with Gasteiger partial charge >= 0.3 is 16.4 Å². The Morgan fingerprint density at radius 1 is 0.613 bits per heavy atom. The number of ether oxygens (including phenoxy) is 4. The largest absolute Gasteiger partial charge is 0.457 e. The molecule has 1 aliphatic rings. The van der Waals surface area contributed by atoms with Crippen LogP contribution in [0.15, 0.2) is 24.3 Å². The van der Waals surface area contributed by atoms with Crippen LogP contribution in [0, 0.1) is 0 Å². The molecule has 1 aliphatic heterocycles. The van der Waals surface area contributed by atoms with Gasteiger partial charge in [0.25, 0.3) is 0 Å². The third kappa shape index (κ3) is 34.0.